The lowest BCUT2D eigenvalue weighted by molar-refractivity contribution is 0.0710. The second kappa shape index (κ2) is 11.6. The summed E-state index contributed by atoms with van der Waals surface area (Å²) < 4.78 is 0. The summed E-state index contributed by atoms with van der Waals surface area (Å²) in [5.41, 5.74) is 5.84. The summed E-state index contributed by atoms with van der Waals surface area (Å²) >= 11 is 6.05. The molecule has 0 bridgehead atoms. The highest BCUT2D eigenvalue weighted by atomic mass is 35.5. The first-order chi connectivity index (χ1) is 19.6. The monoisotopic (exact) mass is 546 g/mol. The zero-order valence-electron chi connectivity index (χ0n) is 22.4. The van der Waals surface area contributed by atoms with Crippen LogP contribution in [0.5, 0.6) is 0 Å². The number of hydrogen-bond donors (Lipinski definition) is 0. The minimum absolute atomic E-state index is 0.0761. The Bertz CT molecular complexity index is 1600. The molecule has 0 spiro atoms. The van der Waals surface area contributed by atoms with Crippen LogP contribution in [-0.2, 0) is 0 Å². The molecule has 0 radical (unpaired) electrons. The highest BCUT2D eigenvalue weighted by Crippen LogP contribution is 2.30. The second-order valence-electron chi connectivity index (χ2n) is 10.7. The summed E-state index contributed by atoms with van der Waals surface area (Å²) in [7, 11) is 0. The van der Waals surface area contributed by atoms with Crippen molar-refractivity contribution in [3.8, 4) is 17.2 Å². The number of benzene rings is 3. The average Bonchev–Trinajstić information content (AvgIpc) is 3.68. The first kappa shape index (κ1) is 26.3. The van der Waals surface area contributed by atoms with Crippen molar-refractivity contribution in [2.24, 2.45) is 0 Å². The number of aromatic nitrogens is 1. The number of nitriles is 1. The van der Waals surface area contributed by atoms with Crippen molar-refractivity contribution in [1.29, 1.82) is 5.26 Å². The van der Waals surface area contributed by atoms with Gasteiger partial charge in [-0.25, -0.2) is 4.98 Å². The van der Waals surface area contributed by atoms with E-state index >= 15 is 0 Å². The molecule has 2 aliphatic rings. The van der Waals surface area contributed by atoms with E-state index in [-0.39, 0.29) is 11.9 Å². The number of likely N-dealkylation sites (tertiary alicyclic amines) is 2. The smallest absolute Gasteiger partial charge is 0.254 e. The third kappa shape index (κ3) is 5.65. The van der Waals surface area contributed by atoms with E-state index in [0.29, 0.717) is 16.1 Å². The Hall–Kier alpha value is -3.98. The molecule has 0 unspecified atom stereocenters. The van der Waals surface area contributed by atoms with Crippen molar-refractivity contribution >= 4 is 40.6 Å². The third-order valence-corrected chi connectivity index (χ3v) is 8.28. The third-order valence-electron chi connectivity index (χ3n) is 8.03. The molecular weight excluding hydrogens is 516 g/mol. The van der Waals surface area contributed by atoms with Gasteiger partial charge in [0.1, 0.15) is 0 Å². The van der Waals surface area contributed by atoms with Crippen LogP contribution in [0.15, 0.2) is 72.8 Å². The summed E-state index contributed by atoms with van der Waals surface area (Å²) in [6, 6.07) is 25.6. The molecule has 4 aromatic rings. The Morgan fingerprint density at radius 2 is 1.68 bits per heavy atom. The number of rotatable bonds is 6. The van der Waals surface area contributed by atoms with E-state index in [9.17, 15) is 10.1 Å². The van der Waals surface area contributed by atoms with Crippen molar-refractivity contribution in [3.05, 3.63) is 100 Å². The van der Waals surface area contributed by atoms with Gasteiger partial charge in [0.15, 0.2) is 0 Å². The van der Waals surface area contributed by atoms with Gasteiger partial charge in [-0.15, -0.1) is 0 Å². The molecule has 0 aliphatic carbocycles. The highest BCUT2D eigenvalue weighted by Gasteiger charge is 2.32. The molecule has 200 valence electrons. The summed E-state index contributed by atoms with van der Waals surface area (Å²) in [5, 5.41) is 10.7. The molecule has 2 fully saturated rings. The number of carbonyl (C=O) groups is 1. The topological polar surface area (TPSA) is 60.2 Å². The predicted octanol–water partition coefficient (Wildman–Crippen LogP) is 7.30. The lowest BCUT2D eigenvalue weighted by Gasteiger charge is -2.29. The minimum atomic E-state index is 0.0761. The average molecular weight is 547 g/mol. The maximum absolute atomic E-state index is 14.2. The summed E-state index contributed by atoms with van der Waals surface area (Å²) in [4.78, 5) is 23.7. The van der Waals surface area contributed by atoms with Crippen LogP contribution in [0.1, 0.15) is 52.9 Å². The number of carbonyl (C=O) groups excluding carboxylic acids is 1. The number of nitrogens with zero attached hydrogens (tertiary/aromatic N) is 4. The molecule has 6 heteroatoms. The number of halogens is 1. The van der Waals surface area contributed by atoms with Gasteiger partial charge in [0.05, 0.1) is 28.4 Å². The van der Waals surface area contributed by atoms with E-state index in [4.69, 9.17) is 16.6 Å². The van der Waals surface area contributed by atoms with Crippen molar-refractivity contribution < 1.29 is 4.79 Å². The van der Waals surface area contributed by atoms with Gasteiger partial charge in [-0.05, 0) is 104 Å². The Morgan fingerprint density at radius 3 is 2.42 bits per heavy atom. The number of fused-ring (bicyclic) bond motifs is 1. The molecule has 5 nitrogen and oxygen atoms in total. The van der Waals surface area contributed by atoms with Gasteiger partial charge < -0.3 is 9.80 Å². The van der Waals surface area contributed by atoms with Crippen LogP contribution in [0.25, 0.3) is 34.2 Å². The summed E-state index contributed by atoms with van der Waals surface area (Å²) in [6.45, 7) is 4.00. The molecule has 40 heavy (non-hydrogen) atoms. The molecule has 0 N–H and O–H groups in total. The molecule has 2 aliphatic heterocycles. The fourth-order valence-corrected chi connectivity index (χ4v) is 6.02. The molecule has 1 aromatic heterocycles. The molecular formula is C34H31ClN4O. The van der Waals surface area contributed by atoms with Gasteiger partial charge in [0.2, 0.25) is 0 Å². The molecule has 3 heterocycles. The van der Waals surface area contributed by atoms with Gasteiger partial charge in [0.25, 0.3) is 5.91 Å². The summed E-state index contributed by atoms with van der Waals surface area (Å²) in [5.74, 6) is 0.0761. The van der Waals surface area contributed by atoms with Crippen LogP contribution in [0.2, 0.25) is 5.02 Å². The Labute approximate surface area is 240 Å². The standard InChI is InChI=1S/C34H31ClN4O/c35-28-13-7-24(8-14-28)9-15-29-21-32(34(40)39-19-3-4-30(39)23-38-17-1-2-18-38)31-20-27(12-16-33(31)37-29)26-10-5-25(22-36)6-11-26/h5-16,20-21,30H,1-4,17-19,23H2/t30-/m0/s1. The van der Waals surface area contributed by atoms with Crippen molar-refractivity contribution in [3.63, 3.8) is 0 Å². The quantitative estimate of drug-likeness (QED) is 0.254. The van der Waals surface area contributed by atoms with Gasteiger partial charge in [-0.3, -0.25) is 4.79 Å². The maximum atomic E-state index is 14.2. The van der Waals surface area contributed by atoms with E-state index in [0.717, 1.165) is 72.3 Å². The lowest BCUT2D eigenvalue weighted by Crippen LogP contribution is -2.42. The van der Waals surface area contributed by atoms with E-state index in [2.05, 4.69) is 21.9 Å². The van der Waals surface area contributed by atoms with Crippen molar-refractivity contribution in [1.82, 2.24) is 14.8 Å². The fourth-order valence-electron chi connectivity index (χ4n) is 5.89. The minimum Gasteiger partial charge on any atom is -0.334 e. The van der Waals surface area contributed by atoms with Crippen LogP contribution in [0, 0.1) is 11.3 Å². The summed E-state index contributed by atoms with van der Waals surface area (Å²) in [6.07, 6.45) is 8.53. The van der Waals surface area contributed by atoms with Crippen molar-refractivity contribution in [2.45, 2.75) is 31.7 Å². The van der Waals surface area contributed by atoms with Crippen LogP contribution in [-0.4, -0.2) is 52.9 Å². The van der Waals surface area contributed by atoms with E-state index in [1.54, 1.807) is 0 Å². The van der Waals surface area contributed by atoms with Crippen molar-refractivity contribution in [2.75, 3.05) is 26.2 Å². The Morgan fingerprint density at radius 1 is 0.925 bits per heavy atom. The molecule has 1 amide bonds. The van der Waals surface area contributed by atoms with Gasteiger partial charge in [-0.2, -0.15) is 5.26 Å². The maximum Gasteiger partial charge on any atom is 0.254 e. The van der Waals surface area contributed by atoms with Crippen LogP contribution < -0.4 is 0 Å². The predicted molar refractivity (Wildman–Crippen MR) is 162 cm³/mol. The van der Waals surface area contributed by atoms with E-state index in [1.165, 1.54) is 12.8 Å². The van der Waals surface area contributed by atoms with E-state index < -0.39 is 0 Å². The first-order valence-electron chi connectivity index (χ1n) is 14.0. The first-order valence-corrected chi connectivity index (χ1v) is 14.4. The molecule has 6 rings (SSSR count). The molecule has 0 saturated carbocycles. The highest BCUT2D eigenvalue weighted by molar-refractivity contribution is 6.30. The largest absolute Gasteiger partial charge is 0.334 e. The van der Waals surface area contributed by atoms with Gasteiger partial charge in [0, 0.05) is 29.5 Å². The number of amides is 1. The van der Waals surface area contributed by atoms with Gasteiger partial charge >= 0.3 is 0 Å². The second-order valence-corrected chi connectivity index (χ2v) is 11.1. The van der Waals surface area contributed by atoms with Gasteiger partial charge in [-0.1, -0.05) is 48.0 Å². The molecule has 2 saturated heterocycles. The molecule has 1 atom stereocenters. The van der Waals surface area contributed by atoms with E-state index in [1.807, 2.05) is 78.9 Å². The normalized spacial score (nSPS) is 17.6. The zero-order chi connectivity index (χ0) is 27.5. The van der Waals surface area contributed by atoms with Crippen LogP contribution >= 0.6 is 11.6 Å². The Balaban J connectivity index is 1.39. The SMILES string of the molecule is N#Cc1ccc(-c2ccc3nc(C=Cc4ccc(Cl)cc4)cc(C(=O)N4CCC[C@H]4CN4CCCC4)c3c2)cc1. The zero-order valence-corrected chi connectivity index (χ0v) is 23.1. The fraction of sp³-hybridized carbons (Fsp3) is 0.265. The Kier molecular flexibility index (Phi) is 7.64. The van der Waals surface area contributed by atoms with Crippen LogP contribution in [0.3, 0.4) is 0 Å². The van der Waals surface area contributed by atoms with Crippen LogP contribution in [0.4, 0.5) is 0 Å². The lowest BCUT2D eigenvalue weighted by atomic mass is 9.98. The number of pyridine rings is 1. The molecule has 3 aromatic carbocycles. The number of hydrogen-bond acceptors (Lipinski definition) is 4.